The molecule has 0 unspecified atom stereocenters. The second-order valence-electron chi connectivity index (χ2n) is 2.69. The topological polar surface area (TPSA) is 35.5 Å². The molecule has 1 rings (SSSR count). The number of hydrogen-bond acceptors (Lipinski definition) is 3. The molecule has 0 saturated carbocycles. The van der Waals surface area contributed by atoms with Gasteiger partial charge in [0.15, 0.2) is 6.29 Å². The van der Waals surface area contributed by atoms with E-state index in [2.05, 4.69) is 20.7 Å². The summed E-state index contributed by atoms with van der Waals surface area (Å²) in [7, 11) is 1.30. The van der Waals surface area contributed by atoms with Crippen molar-refractivity contribution in [1.82, 2.24) is 0 Å². The summed E-state index contributed by atoms with van der Waals surface area (Å²) >= 11 is 2.88. The third kappa shape index (κ3) is 3.13. The van der Waals surface area contributed by atoms with E-state index in [4.69, 9.17) is 4.74 Å². The quantitative estimate of drug-likeness (QED) is 0.804. The fraction of sp³-hybridized carbons (Fsp3) is 0.222. The maximum absolute atomic E-state index is 12.0. The molecule has 0 radical (unpaired) electrons. The molecule has 16 heavy (non-hydrogen) atoms. The van der Waals surface area contributed by atoms with Gasteiger partial charge in [0.1, 0.15) is 11.5 Å². The van der Waals surface area contributed by atoms with Crippen molar-refractivity contribution >= 4 is 22.2 Å². The first kappa shape index (κ1) is 12.8. The van der Waals surface area contributed by atoms with Gasteiger partial charge in [0.2, 0.25) is 0 Å². The predicted molar refractivity (Wildman–Crippen MR) is 52.8 cm³/mol. The first-order valence-electron chi connectivity index (χ1n) is 3.96. The minimum atomic E-state index is -4.81. The lowest BCUT2D eigenvalue weighted by molar-refractivity contribution is -0.274. The Hall–Kier alpha value is -1.24. The van der Waals surface area contributed by atoms with Gasteiger partial charge < -0.3 is 9.47 Å². The molecule has 7 heteroatoms. The summed E-state index contributed by atoms with van der Waals surface area (Å²) in [5, 5.41) is 0. The average molecular weight is 299 g/mol. The zero-order valence-electron chi connectivity index (χ0n) is 7.97. The van der Waals surface area contributed by atoms with Gasteiger partial charge in [0, 0.05) is 0 Å². The van der Waals surface area contributed by atoms with Gasteiger partial charge in [-0.2, -0.15) is 0 Å². The Morgan fingerprint density at radius 1 is 1.31 bits per heavy atom. The van der Waals surface area contributed by atoms with Crippen LogP contribution >= 0.6 is 15.9 Å². The Morgan fingerprint density at radius 2 is 1.94 bits per heavy atom. The van der Waals surface area contributed by atoms with Crippen LogP contribution in [0.3, 0.4) is 0 Å². The fourth-order valence-electron chi connectivity index (χ4n) is 1.02. The molecule has 0 saturated heterocycles. The molecule has 0 spiro atoms. The summed E-state index contributed by atoms with van der Waals surface area (Å²) < 4.78 is 44.5. The molecule has 0 aromatic heterocycles. The number of carbonyl (C=O) groups excluding carboxylic acids is 1. The van der Waals surface area contributed by atoms with Gasteiger partial charge in [0.05, 0.1) is 17.1 Å². The van der Waals surface area contributed by atoms with E-state index in [-0.39, 0.29) is 15.8 Å². The molecule has 1 aromatic rings. The SMILES string of the molecule is COc1cc(Br)c(OC(F)(F)F)cc1C=O. The lowest BCUT2D eigenvalue weighted by Crippen LogP contribution is -2.17. The van der Waals surface area contributed by atoms with Gasteiger partial charge in [-0.05, 0) is 28.1 Å². The normalized spacial score (nSPS) is 11.1. The average Bonchev–Trinajstić information content (AvgIpc) is 2.18. The minimum Gasteiger partial charge on any atom is -0.496 e. The van der Waals surface area contributed by atoms with Crippen LogP contribution in [0.5, 0.6) is 11.5 Å². The molecule has 0 aliphatic rings. The van der Waals surface area contributed by atoms with Crippen LogP contribution < -0.4 is 9.47 Å². The van der Waals surface area contributed by atoms with Gasteiger partial charge in [-0.1, -0.05) is 0 Å². The Balaban J connectivity index is 3.16. The minimum absolute atomic E-state index is 0.0232. The molecule has 88 valence electrons. The summed E-state index contributed by atoms with van der Waals surface area (Å²) in [6, 6.07) is 2.17. The second kappa shape index (κ2) is 4.73. The van der Waals surface area contributed by atoms with Crippen molar-refractivity contribution in [1.29, 1.82) is 0 Å². The molecule has 0 atom stereocenters. The third-order valence-corrected chi connectivity index (χ3v) is 2.26. The van der Waals surface area contributed by atoms with Crippen molar-refractivity contribution in [2.24, 2.45) is 0 Å². The van der Waals surface area contributed by atoms with E-state index < -0.39 is 12.1 Å². The number of rotatable bonds is 3. The Labute approximate surface area is 97.3 Å². The van der Waals surface area contributed by atoms with Crippen LogP contribution in [0.15, 0.2) is 16.6 Å². The van der Waals surface area contributed by atoms with Gasteiger partial charge in [0.25, 0.3) is 0 Å². The Morgan fingerprint density at radius 3 is 2.38 bits per heavy atom. The van der Waals surface area contributed by atoms with Gasteiger partial charge >= 0.3 is 6.36 Å². The lowest BCUT2D eigenvalue weighted by Gasteiger charge is -2.12. The number of hydrogen-bond donors (Lipinski definition) is 0. The van der Waals surface area contributed by atoms with Gasteiger partial charge in [-0.25, -0.2) is 0 Å². The summed E-state index contributed by atoms with van der Waals surface area (Å²) in [5.74, 6) is -0.327. The monoisotopic (exact) mass is 298 g/mol. The molecular formula is C9H6BrF3O3. The van der Waals surface area contributed by atoms with Crippen molar-refractivity contribution in [3.05, 3.63) is 22.2 Å². The number of aldehydes is 1. The van der Waals surface area contributed by atoms with Crippen LogP contribution in [-0.4, -0.2) is 19.8 Å². The highest BCUT2D eigenvalue weighted by atomic mass is 79.9. The zero-order chi connectivity index (χ0) is 12.3. The predicted octanol–water partition coefficient (Wildman–Crippen LogP) is 3.17. The number of benzene rings is 1. The molecule has 0 heterocycles. The smallest absolute Gasteiger partial charge is 0.496 e. The first-order chi connectivity index (χ1) is 7.37. The highest BCUT2D eigenvalue weighted by Gasteiger charge is 2.32. The van der Waals surface area contributed by atoms with Crippen LogP contribution in [0, 0.1) is 0 Å². The van der Waals surface area contributed by atoms with Crippen molar-refractivity contribution in [3.63, 3.8) is 0 Å². The van der Waals surface area contributed by atoms with Crippen molar-refractivity contribution < 1.29 is 27.4 Å². The second-order valence-corrected chi connectivity index (χ2v) is 3.54. The van der Waals surface area contributed by atoms with Crippen molar-refractivity contribution in [3.8, 4) is 11.5 Å². The Kier molecular flexibility index (Phi) is 3.79. The number of halogens is 4. The van der Waals surface area contributed by atoms with Gasteiger partial charge in [-0.15, -0.1) is 13.2 Å². The Bertz CT molecular complexity index is 404. The number of alkyl halides is 3. The third-order valence-electron chi connectivity index (χ3n) is 1.64. The summed E-state index contributed by atoms with van der Waals surface area (Å²) in [4.78, 5) is 10.6. The maximum atomic E-state index is 12.0. The molecule has 0 bridgehead atoms. The van der Waals surface area contributed by atoms with E-state index in [0.29, 0.717) is 6.29 Å². The molecule has 3 nitrogen and oxygen atoms in total. The van der Waals surface area contributed by atoms with E-state index in [1.807, 2.05) is 0 Å². The first-order valence-corrected chi connectivity index (χ1v) is 4.75. The molecule has 0 aliphatic heterocycles. The largest absolute Gasteiger partial charge is 0.573 e. The van der Waals surface area contributed by atoms with E-state index in [9.17, 15) is 18.0 Å². The van der Waals surface area contributed by atoms with Gasteiger partial charge in [-0.3, -0.25) is 4.79 Å². The number of carbonyl (C=O) groups is 1. The summed E-state index contributed by atoms with van der Waals surface area (Å²) in [5.41, 5.74) is -0.0232. The van der Waals surface area contributed by atoms with E-state index in [1.54, 1.807) is 0 Å². The molecule has 1 aromatic carbocycles. The number of ether oxygens (including phenoxy) is 2. The van der Waals surface area contributed by atoms with Crippen LogP contribution in [0.1, 0.15) is 10.4 Å². The standard InChI is InChI=1S/C9H6BrF3O3/c1-15-7-3-6(10)8(2-5(7)4-14)16-9(11,12)13/h2-4H,1H3. The highest BCUT2D eigenvalue weighted by molar-refractivity contribution is 9.10. The zero-order valence-corrected chi connectivity index (χ0v) is 9.55. The summed E-state index contributed by atoms with van der Waals surface area (Å²) in [6.45, 7) is 0. The molecular weight excluding hydrogens is 293 g/mol. The van der Waals surface area contributed by atoms with Crippen molar-refractivity contribution in [2.45, 2.75) is 6.36 Å². The molecule has 0 N–H and O–H groups in total. The summed E-state index contributed by atoms with van der Waals surface area (Å²) in [6.07, 6.45) is -4.42. The fourth-order valence-corrected chi connectivity index (χ4v) is 1.43. The van der Waals surface area contributed by atoms with Crippen LogP contribution in [0.25, 0.3) is 0 Å². The molecule has 0 fully saturated rings. The van der Waals surface area contributed by atoms with Crippen molar-refractivity contribution in [2.75, 3.05) is 7.11 Å². The van der Waals surface area contributed by atoms with E-state index >= 15 is 0 Å². The molecule has 0 aliphatic carbocycles. The van der Waals surface area contributed by atoms with Crippen LogP contribution in [0.4, 0.5) is 13.2 Å². The number of methoxy groups -OCH3 is 1. The van der Waals surface area contributed by atoms with Crippen LogP contribution in [0.2, 0.25) is 0 Å². The maximum Gasteiger partial charge on any atom is 0.573 e. The van der Waals surface area contributed by atoms with Crippen LogP contribution in [-0.2, 0) is 0 Å². The van der Waals surface area contributed by atoms with E-state index in [1.165, 1.54) is 13.2 Å². The highest BCUT2D eigenvalue weighted by Crippen LogP contribution is 2.35. The van der Waals surface area contributed by atoms with E-state index in [0.717, 1.165) is 6.07 Å². The molecule has 0 amide bonds. The lowest BCUT2D eigenvalue weighted by atomic mass is 10.2.